The fourth-order valence-electron chi connectivity index (χ4n) is 2.82. The number of pyridine rings is 1. The number of benzene rings is 2. The Balaban J connectivity index is 1.96. The molecule has 4 aromatic rings. The monoisotopic (exact) mass is 317 g/mol. The van der Waals surface area contributed by atoms with E-state index < -0.39 is 0 Å². The topological polar surface area (TPSA) is 53.9 Å². The normalized spacial score (nSPS) is 11.6. The SMILES string of the molecule is CN(C)CCNc1nc2ccccc2c2nc3ccccc3nc12. The quantitative estimate of drug-likeness (QED) is 0.462. The van der Waals surface area contributed by atoms with E-state index >= 15 is 0 Å². The van der Waals surface area contributed by atoms with Crippen LogP contribution in [0.25, 0.3) is 33.0 Å². The lowest BCUT2D eigenvalue weighted by Gasteiger charge is -2.13. The first-order valence-corrected chi connectivity index (χ1v) is 8.06. The summed E-state index contributed by atoms with van der Waals surface area (Å²) in [6.45, 7) is 1.74. The highest BCUT2D eigenvalue weighted by Gasteiger charge is 2.12. The molecule has 0 radical (unpaired) electrons. The molecule has 0 fully saturated rings. The van der Waals surface area contributed by atoms with E-state index in [1.807, 2.05) is 42.5 Å². The molecule has 0 saturated carbocycles. The summed E-state index contributed by atoms with van der Waals surface area (Å²) in [4.78, 5) is 16.6. The van der Waals surface area contributed by atoms with E-state index in [0.717, 1.165) is 51.9 Å². The van der Waals surface area contributed by atoms with E-state index in [4.69, 9.17) is 15.0 Å². The summed E-state index contributed by atoms with van der Waals surface area (Å²) in [7, 11) is 4.11. The number of nitrogens with one attached hydrogen (secondary N) is 1. The van der Waals surface area contributed by atoms with Crippen LogP contribution in [-0.4, -0.2) is 47.0 Å². The molecular formula is C19H19N5. The summed E-state index contributed by atoms with van der Waals surface area (Å²) in [5.74, 6) is 0.795. The average Bonchev–Trinajstić information content (AvgIpc) is 2.60. The van der Waals surface area contributed by atoms with Gasteiger partial charge in [-0.05, 0) is 32.3 Å². The minimum absolute atomic E-state index is 0.795. The van der Waals surface area contributed by atoms with Crippen molar-refractivity contribution in [2.75, 3.05) is 32.5 Å². The number of anilines is 1. The van der Waals surface area contributed by atoms with Gasteiger partial charge >= 0.3 is 0 Å². The summed E-state index contributed by atoms with van der Waals surface area (Å²) >= 11 is 0. The van der Waals surface area contributed by atoms with Crippen molar-refractivity contribution in [3.05, 3.63) is 48.5 Å². The Labute approximate surface area is 140 Å². The Kier molecular flexibility index (Phi) is 3.70. The van der Waals surface area contributed by atoms with Gasteiger partial charge in [0.15, 0.2) is 5.82 Å². The van der Waals surface area contributed by atoms with Crippen LogP contribution in [0.15, 0.2) is 48.5 Å². The van der Waals surface area contributed by atoms with Crippen molar-refractivity contribution in [1.29, 1.82) is 0 Å². The number of aromatic nitrogens is 3. The Bertz CT molecular complexity index is 1030. The molecule has 24 heavy (non-hydrogen) atoms. The fourth-order valence-corrected chi connectivity index (χ4v) is 2.82. The largest absolute Gasteiger partial charge is 0.367 e. The third kappa shape index (κ3) is 2.63. The van der Waals surface area contributed by atoms with Gasteiger partial charge in [-0.15, -0.1) is 0 Å². The number of likely N-dealkylation sites (N-methyl/N-ethyl adjacent to an activating group) is 1. The first kappa shape index (κ1) is 14.8. The van der Waals surface area contributed by atoms with Crippen molar-refractivity contribution in [2.45, 2.75) is 0 Å². The second-order valence-electron chi connectivity index (χ2n) is 6.12. The van der Waals surface area contributed by atoms with E-state index in [-0.39, 0.29) is 0 Å². The molecule has 0 spiro atoms. The lowest BCUT2D eigenvalue weighted by atomic mass is 10.1. The van der Waals surface area contributed by atoms with Crippen LogP contribution in [0.1, 0.15) is 0 Å². The van der Waals surface area contributed by atoms with Gasteiger partial charge in [-0.2, -0.15) is 0 Å². The molecule has 5 heteroatoms. The van der Waals surface area contributed by atoms with Gasteiger partial charge in [-0.25, -0.2) is 15.0 Å². The van der Waals surface area contributed by atoms with E-state index in [2.05, 4.69) is 30.4 Å². The van der Waals surface area contributed by atoms with E-state index in [1.165, 1.54) is 0 Å². The molecule has 4 rings (SSSR count). The summed E-state index contributed by atoms with van der Waals surface area (Å²) in [6.07, 6.45) is 0. The van der Waals surface area contributed by atoms with Gasteiger partial charge in [0.1, 0.15) is 11.0 Å². The number of fused-ring (bicyclic) bond motifs is 4. The number of hydrogen-bond donors (Lipinski definition) is 1. The van der Waals surface area contributed by atoms with Crippen LogP contribution in [-0.2, 0) is 0 Å². The van der Waals surface area contributed by atoms with Crippen LogP contribution in [0.5, 0.6) is 0 Å². The van der Waals surface area contributed by atoms with Gasteiger partial charge in [0.2, 0.25) is 0 Å². The molecule has 0 atom stereocenters. The third-order valence-electron chi connectivity index (χ3n) is 4.04. The van der Waals surface area contributed by atoms with Crippen molar-refractivity contribution < 1.29 is 0 Å². The first-order valence-electron chi connectivity index (χ1n) is 8.06. The highest BCUT2D eigenvalue weighted by atomic mass is 15.1. The molecule has 2 aromatic carbocycles. The Morgan fingerprint density at radius 2 is 1.42 bits per heavy atom. The maximum absolute atomic E-state index is 4.86. The van der Waals surface area contributed by atoms with Crippen molar-refractivity contribution in [3.63, 3.8) is 0 Å². The molecule has 2 aromatic heterocycles. The molecule has 0 bridgehead atoms. The predicted molar refractivity (Wildman–Crippen MR) is 99.4 cm³/mol. The predicted octanol–water partition coefficient (Wildman–Crippen LogP) is 3.30. The van der Waals surface area contributed by atoms with Crippen LogP contribution in [0.3, 0.4) is 0 Å². The summed E-state index contributed by atoms with van der Waals surface area (Å²) in [5.41, 5.74) is 4.44. The Morgan fingerprint density at radius 3 is 2.12 bits per heavy atom. The van der Waals surface area contributed by atoms with E-state index in [0.29, 0.717) is 0 Å². The van der Waals surface area contributed by atoms with Crippen LogP contribution in [0.2, 0.25) is 0 Å². The second kappa shape index (κ2) is 6.02. The van der Waals surface area contributed by atoms with Crippen molar-refractivity contribution >= 4 is 38.8 Å². The molecule has 2 heterocycles. The van der Waals surface area contributed by atoms with Gasteiger partial charge in [0.25, 0.3) is 0 Å². The molecule has 0 amide bonds. The van der Waals surface area contributed by atoms with Gasteiger partial charge in [0, 0.05) is 18.5 Å². The molecular weight excluding hydrogens is 298 g/mol. The van der Waals surface area contributed by atoms with Gasteiger partial charge < -0.3 is 10.2 Å². The van der Waals surface area contributed by atoms with Crippen LogP contribution >= 0.6 is 0 Å². The molecule has 0 saturated heterocycles. The standard InChI is InChI=1S/C19H19N5/c1-24(2)12-11-20-19-18-17(13-7-3-4-8-14(13)23-19)21-15-9-5-6-10-16(15)22-18/h3-10H,11-12H2,1-2H3,(H,20,23). The van der Waals surface area contributed by atoms with Crippen molar-refractivity contribution in [2.24, 2.45) is 0 Å². The zero-order chi connectivity index (χ0) is 16.5. The van der Waals surface area contributed by atoms with Gasteiger partial charge in [-0.1, -0.05) is 30.3 Å². The molecule has 0 aliphatic rings. The summed E-state index contributed by atoms with van der Waals surface area (Å²) in [5, 5.41) is 4.45. The smallest absolute Gasteiger partial charge is 0.155 e. The number of para-hydroxylation sites is 3. The summed E-state index contributed by atoms with van der Waals surface area (Å²) in [6, 6.07) is 16.0. The number of nitrogens with zero attached hydrogens (tertiary/aromatic N) is 4. The number of hydrogen-bond acceptors (Lipinski definition) is 5. The third-order valence-corrected chi connectivity index (χ3v) is 4.04. The van der Waals surface area contributed by atoms with Crippen LogP contribution < -0.4 is 5.32 Å². The molecule has 5 nitrogen and oxygen atoms in total. The van der Waals surface area contributed by atoms with E-state index in [1.54, 1.807) is 0 Å². The first-order chi connectivity index (χ1) is 11.7. The Hall–Kier alpha value is -2.79. The molecule has 0 aliphatic carbocycles. The fraction of sp³-hybridized carbons (Fsp3) is 0.211. The highest BCUT2D eigenvalue weighted by molar-refractivity contribution is 6.08. The summed E-state index contributed by atoms with van der Waals surface area (Å²) < 4.78 is 0. The number of rotatable bonds is 4. The minimum atomic E-state index is 0.795. The zero-order valence-corrected chi connectivity index (χ0v) is 13.8. The maximum Gasteiger partial charge on any atom is 0.155 e. The molecule has 0 aliphatic heterocycles. The van der Waals surface area contributed by atoms with Gasteiger partial charge in [0.05, 0.1) is 16.6 Å². The van der Waals surface area contributed by atoms with E-state index in [9.17, 15) is 0 Å². The maximum atomic E-state index is 4.86. The van der Waals surface area contributed by atoms with Gasteiger partial charge in [-0.3, -0.25) is 0 Å². The minimum Gasteiger partial charge on any atom is -0.367 e. The molecule has 120 valence electrons. The lowest BCUT2D eigenvalue weighted by molar-refractivity contribution is 0.425. The lowest BCUT2D eigenvalue weighted by Crippen LogP contribution is -2.21. The highest BCUT2D eigenvalue weighted by Crippen LogP contribution is 2.28. The van der Waals surface area contributed by atoms with Crippen LogP contribution in [0.4, 0.5) is 5.82 Å². The average molecular weight is 317 g/mol. The molecule has 1 N–H and O–H groups in total. The zero-order valence-electron chi connectivity index (χ0n) is 13.8. The van der Waals surface area contributed by atoms with Crippen molar-refractivity contribution in [3.8, 4) is 0 Å². The Morgan fingerprint density at radius 1 is 0.792 bits per heavy atom. The van der Waals surface area contributed by atoms with Crippen LogP contribution in [0, 0.1) is 0 Å². The van der Waals surface area contributed by atoms with Crippen molar-refractivity contribution in [1.82, 2.24) is 19.9 Å². The molecule has 0 unspecified atom stereocenters. The second-order valence-corrected chi connectivity index (χ2v) is 6.12.